The highest BCUT2D eigenvalue weighted by Gasteiger charge is 2.29. The Labute approximate surface area is 343 Å². The van der Waals surface area contributed by atoms with Crippen LogP contribution >= 0.6 is 0 Å². The lowest BCUT2D eigenvalue weighted by Crippen LogP contribution is -2.55. The summed E-state index contributed by atoms with van der Waals surface area (Å²) in [7, 11) is 0. The summed E-state index contributed by atoms with van der Waals surface area (Å²) in [4.78, 5) is 50.0. The summed E-state index contributed by atoms with van der Waals surface area (Å²) in [5.41, 5.74) is 5.64. The van der Waals surface area contributed by atoms with Crippen LogP contribution in [0.25, 0.3) is 28.2 Å². The summed E-state index contributed by atoms with van der Waals surface area (Å²) < 4.78 is 27.8. The molecular weight excluding hydrogens is 748 g/mol. The van der Waals surface area contributed by atoms with Crippen molar-refractivity contribution in [3.05, 3.63) is 144 Å². The Balaban J connectivity index is 1.21. The monoisotopic (exact) mass is 796 g/mol. The van der Waals surface area contributed by atoms with Crippen molar-refractivity contribution in [2.45, 2.75) is 64.1 Å². The largest absolute Gasteiger partial charge is 0.494 e. The zero-order chi connectivity index (χ0) is 41.0. The molecule has 4 aromatic carbocycles. The number of aromatic amines is 1. The van der Waals surface area contributed by atoms with E-state index in [4.69, 9.17) is 9.47 Å². The van der Waals surface area contributed by atoms with Crippen LogP contribution in [-0.2, 0) is 40.2 Å². The summed E-state index contributed by atoms with van der Waals surface area (Å²) in [6.45, 7) is 3.12. The first-order valence-corrected chi connectivity index (χ1v) is 20.2. The van der Waals surface area contributed by atoms with Crippen molar-refractivity contribution >= 4 is 34.7 Å². The second kappa shape index (κ2) is 19.6. The molecule has 0 radical (unpaired) electrons. The molecule has 2 aromatic heterocycles. The number of benzene rings is 4. The standard InChI is InChI=1S/C47H49FN6O5/c1-2-3-23-49-46(56)41-27-33-15-21-37(22-16-33)58-24-7-10-32-9-6-11-38(26-32)59-25-8-14-43-45(34-17-19-36(48)20-18-34)51-31-54(43)30-44(55)52-42(47(57)53-41)28-35-29-50-40-13-5-4-12-39(35)40/h4-7,9-13,15-22,26,29,31,41-42,50H,2-3,8,14,23-25,27-28,30H2,1H3,(H,49,56)(H,52,55)(H,53,57)/b10-7-/t41-,42-/m0/s1. The summed E-state index contributed by atoms with van der Waals surface area (Å²) in [6.07, 6.45) is 10.5. The van der Waals surface area contributed by atoms with Crippen LogP contribution in [0.2, 0.25) is 0 Å². The van der Waals surface area contributed by atoms with Crippen LogP contribution in [0.15, 0.2) is 116 Å². The van der Waals surface area contributed by atoms with Crippen molar-refractivity contribution in [1.82, 2.24) is 30.5 Å². The Bertz CT molecular complexity index is 2390. The maximum atomic E-state index is 14.4. The predicted octanol–water partition coefficient (Wildman–Crippen LogP) is 6.96. The first kappa shape index (κ1) is 40.5. The van der Waals surface area contributed by atoms with E-state index in [1.165, 1.54) is 12.1 Å². The highest BCUT2D eigenvalue weighted by Crippen LogP contribution is 2.25. The minimum Gasteiger partial charge on any atom is -0.494 e. The van der Waals surface area contributed by atoms with Gasteiger partial charge in [0.2, 0.25) is 17.7 Å². The zero-order valence-electron chi connectivity index (χ0n) is 33.1. The second-order valence-corrected chi connectivity index (χ2v) is 14.7. The molecule has 4 bridgehead atoms. The minimum atomic E-state index is -1.03. The van der Waals surface area contributed by atoms with Crippen LogP contribution in [0.1, 0.15) is 48.6 Å². The molecule has 0 fully saturated rings. The Morgan fingerprint density at radius 2 is 1.78 bits per heavy atom. The van der Waals surface area contributed by atoms with Gasteiger partial charge in [-0.3, -0.25) is 14.4 Å². The summed E-state index contributed by atoms with van der Waals surface area (Å²) in [6, 6.07) is 27.2. The smallest absolute Gasteiger partial charge is 0.243 e. The van der Waals surface area contributed by atoms with Gasteiger partial charge in [-0.1, -0.05) is 61.9 Å². The Hall–Kier alpha value is -6.69. The molecule has 0 saturated heterocycles. The van der Waals surface area contributed by atoms with Gasteiger partial charge in [0, 0.05) is 47.7 Å². The number of imidazole rings is 1. The number of para-hydroxylation sites is 1. The molecule has 0 saturated carbocycles. The van der Waals surface area contributed by atoms with Crippen molar-refractivity contribution in [2.24, 2.45) is 0 Å². The molecule has 2 aliphatic heterocycles. The first-order valence-electron chi connectivity index (χ1n) is 20.2. The number of amides is 3. The maximum absolute atomic E-state index is 14.4. The van der Waals surface area contributed by atoms with Crippen LogP contribution in [0.4, 0.5) is 4.39 Å². The molecule has 4 heterocycles. The van der Waals surface area contributed by atoms with Crippen LogP contribution < -0.4 is 25.4 Å². The van der Waals surface area contributed by atoms with E-state index < -0.39 is 23.9 Å². The van der Waals surface area contributed by atoms with Gasteiger partial charge in [-0.15, -0.1) is 0 Å². The lowest BCUT2D eigenvalue weighted by atomic mass is 10.0. The number of rotatable bonds is 7. The zero-order valence-corrected chi connectivity index (χ0v) is 33.1. The van der Waals surface area contributed by atoms with Gasteiger partial charge in [-0.2, -0.15) is 0 Å². The number of hydrogen-bond acceptors (Lipinski definition) is 6. The molecule has 304 valence electrons. The molecule has 0 aliphatic carbocycles. The van der Waals surface area contributed by atoms with Crippen molar-refractivity contribution < 1.29 is 28.2 Å². The fourth-order valence-electron chi connectivity index (χ4n) is 7.20. The molecule has 12 heteroatoms. The summed E-state index contributed by atoms with van der Waals surface area (Å²) >= 11 is 0. The van der Waals surface area contributed by atoms with E-state index in [0.717, 1.165) is 51.9 Å². The Kier molecular flexibility index (Phi) is 13.5. The van der Waals surface area contributed by atoms with Gasteiger partial charge in [0.05, 0.1) is 18.6 Å². The SMILES string of the molecule is CCCCNC(=O)[C@@H]1Cc2ccc(cc2)OC/C=C\c2cccc(c2)OCCCc2c(-c3ccc(F)cc3)ncn2CC(=O)N[C@@H](Cc2c[nH]c3ccccc23)C(=O)N1. The van der Waals surface area contributed by atoms with E-state index >= 15 is 0 Å². The molecule has 0 spiro atoms. The van der Waals surface area contributed by atoms with Gasteiger partial charge in [-0.05, 0) is 96.6 Å². The fourth-order valence-corrected chi connectivity index (χ4v) is 7.20. The average Bonchev–Trinajstić information content (AvgIpc) is 3.84. The number of hydrogen-bond donors (Lipinski definition) is 4. The summed E-state index contributed by atoms with van der Waals surface area (Å²) in [5.74, 6) is -0.193. The van der Waals surface area contributed by atoms with Gasteiger partial charge < -0.3 is 35.0 Å². The number of halogens is 1. The highest BCUT2D eigenvalue weighted by atomic mass is 19.1. The van der Waals surface area contributed by atoms with Gasteiger partial charge >= 0.3 is 0 Å². The molecule has 11 nitrogen and oxygen atoms in total. The Morgan fingerprint density at radius 1 is 0.949 bits per heavy atom. The molecule has 6 aromatic rings. The van der Waals surface area contributed by atoms with Crippen LogP contribution in [0.5, 0.6) is 11.5 Å². The Morgan fingerprint density at radius 3 is 2.61 bits per heavy atom. The predicted molar refractivity (Wildman–Crippen MR) is 226 cm³/mol. The number of ether oxygens (including phenoxy) is 2. The molecule has 0 unspecified atom stereocenters. The fraction of sp³-hybridized carbons (Fsp3) is 0.277. The third kappa shape index (κ3) is 10.8. The van der Waals surface area contributed by atoms with Crippen LogP contribution in [-0.4, -0.2) is 64.1 Å². The molecular formula is C47H49FN6O5. The molecule has 4 N–H and O–H groups in total. The topological polar surface area (TPSA) is 139 Å². The third-order valence-electron chi connectivity index (χ3n) is 10.3. The van der Waals surface area contributed by atoms with E-state index in [9.17, 15) is 18.8 Å². The van der Waals surface area contributed by atoms with E-state index in [-0.39, 0.29) is 31.1 Å². The second-order valence-electron chi connectivity index (χ2n) is 14.7. The molecule has 59 heavy (non-hydrogen) atoms. The van der Waals surface area contributed by atoms with E-state index in [2.05, 4.69) is 25.9 Å². The summed E-state index contributed by atoms with van der Waals surface area (Å²) in [5, 5.41) is 9.89. The van der Waals surface area contributed by atoms with Gasteiger partial charge in [0.1, 0.15) is 42.6 Å². The minimum absolute atomic E-state index is 0.133. The third-order valence-corrected chi connectivity index (χ3v) is 10.3. The van der Waals surface area contributed by atoms with E-state index in [0.29, 0.717) is 49.6 Å². The number of fused-ring (bicyclic) bond motifs is 15. The maximum Gasteiger partial charge on any atom is 0.243 e. The normalized spacial score (nSPS) is 17.3. The number of unbranched alkanes of at least 4 members (excludes halogenated alkanes) is 1. The quantitative estimate of drug-likeness (QED) is 0.129. The lowest BCUT2D eigenvalue weighted by Gasteiger charge is -2.24. The average molecular weight is 797 g/mol. The number of carbonyl (C=O) groups is 3. The van der Waals surface area contributed by atoms with Gasteiger partial charge in [-0.25, -0.2) is 9.37 Å². The van der Waals surface area contributed by atoms with Gasteiger partial charge in [0.15, 0.2) is 0 Å². The van der Waals surface area contributed by atoms with Gasteiger partial charge in [0.25, 0.3) is 0 Å². The van der Waals surface area contributed by atoms with Crippen molar-refractivity contribution in [2.75, 3.05) is 19.8 Å². The number of carbonyl (C=O) groups excluding carboxylic acids is 3. The number of aromatic nitrogens is 3. The molecule has 8 rings (SSSR count). The lowest BCUT2D eigenvalue weighted by molar-refractivity contribution is -0.132. The van der Waals surface area contributed by atoms with Crippen molar-refractivity contribution in [3.63, 3.8) is 0 Å². The van der Waals surface area contributed by atoms with Crippen molar-refractivity contribution in [1.29, 1.82) is 0 Å². The molecule has 2 aliphatic rings. The first-order chi connectivity index (χ1) is 28.8. The molecule has 3 amide bonds. The number of nitrogens with zero attached hydrogens (tertiary/aromatic N) is 2. The van der Waals surface area contributed by atoms with Crippen molar-refractivity contribution in [3.8, 4) is 22.8 Å². The van der Waals surface area contributed by atoms with Crippen LogP contribution in [0.3, 0.4) is 0 Å². The highest BCUT2D eigenvalue weighted by molar-refractivity contribution is 5.93. The van der Waals surface area contributed by atoms with E-state index in [1.807, 2.05) is 98.1 Å². The van der Waals surface area contributed by atoms with Crippen LogP contribution in [0, 0.1) is 5.82 Å². The van der Waals surface area contributed by atoms with E-state index in [1.54, 1.807) is 23.0 Å². The number of H-pyrrole nitrogens is 1. The molecule has 2 atom stereocenters. The number of nitrogens with one attached hydrogen (secondary N) is 4.